The quantitative estimate of drug-likeness (QED) is 0.323. The fourth-order valence-electron chi connectivity index (χ4n) is 3.37. The van der Waals surface area contributed by atoms with Gasteiger partial charge in [0, 0.05) is 22.3 Å². The van der Waals surface area contributed by atoms with Gasteiger partial charge in [-0.05, 0) is 47.5 Å². The van der Waals surface area contributed by atoms with Crippen LogP contribution in [0.15, 0.2) is 82.0 Å². The Bertz CT molecular complexity index is 1310. The molecule has 0 unspecified atom stereocenters. The van der Waals surface area contributed by atoms with Gasteiger partial charge >= 0.3 is 0 Å². The molecular formula is C24H18N4O6. The molecule has 0 radical (unpaired) electrons. The molecule has 0 atom stereocenters. The number of hydrazine groups is 1. The van der Waals surface area contributed by atoms with Crippen molar-refractivity contribution < 1.29 is 28.0 Å². The third-order valence-corrected chi connectivity index (χ3v) is 4.94. The molecule has 4 rings (SSSR count). The lowest BCUT2D eigenvalue weighted by Crippen LogP contribution is -2.41. The summed E-state index contributed by atoms with van der Waals surface area (Å²) in [6, 6.07) is 15.9. The van der Waals surface area contributed by atoms with Crippen LogP contribution in [-0.4, -0.2) is 23.6 Å². The van der Waals surface area contributed by atoms with E-state index in [1.54, 1.807) is 48.5 Å². The molecule has 34 heavy (non-hydrogen) atoms. The Balaban J connectivity index is 1.47. The van der Waals surface area contributed by atoms with E-state index in [0.29, 0.717) is 22.3 Å². The lowest BCUT2D eigenvalue weighted by molar-refractivity contribution is 0.0847. The van der Waals surface area contributed by atoms with E-state index in [-0.39, 0.29) is 22.6 Å². The van der Waals surface area contributed by atoms with Crippen LogP contribution in [0.25, 0.3) is 22.3 Å². The summed E-state index contributed by atoms with van der Waals surface area (Å²) in [6.07, 6.45) is 2.65. The summed E-state index contributed by atoms with van der Waals surface area (Å²) in [7, 11) is 0. The maximum absolute atomic E-state index is 12.6. The summed E-state index contributed by atoms with van der Waals surface area (Å²) in [5.41, 5.74) is 17.7. The molecule has 4 amide bonds. The van der Waals surface area contributed by atoms with Crippen molar-refractivity contribution in [1.82, 2.24) is 10.9 Å². The van der Waals surface area contributed by atoms with Crippen LogP contribution in [0.1, 0.15) is 41.8 Å². The molecule has 0 bridgehead atoms. The van der Waals surface area contributed by atoms with Crippen LogP contribution < -0.4 is 22.3 Å². The molecule has 0 aliphatic carbocycles. The molecule has 4 aromatic rings. The van der Waals surface area contributed by atoms with Crippen LogP contribution in [-0.2, 0) is 0 Å². The average Bonchev–Trinajstić information content (AvgIpc) is 3.53. The van der Waals surface area contributed by atoms with Gasteiger partial charge in [0.2, 0.25) is 0 Å². The monoisotopic (exact) mass is 458 g/mol. The number of carbonyl (C=O) groups excluding carboxylic acids is 4. The summed E-state index contributed by atoms with van der Waals surface area (Å²) in [6.45, 7) is 0. The molecule has 0 aliphatic heterocycles. The Hall–Kier alpha value is -5.12. The third-order valence-electron chi connectivity index (χ3n) is 4.94. The Kier molecular flexibility index (Phi) is 5.95. The first-order valence-electron chi connectivity index (χ1n) is 9.91. The van der Waals surface area contributed by atoms with E-state index in [2.05, 4.69) is 10.9 Å². The fraction of sp³-hybridized carbons (Fsp3) is 0. The molecule has 2 aromatic carbocycles. The molecule has 10 heteroatoms. The summed E-state index contributed by atoms with van der Waals surface area (Å²) in [4.78, 5) is 48.2. The van der Waals surface area contributed by atoms with Crippen LogP contribution in [0.2, 0.25) is 0 Å². The number of rotatable bonds is 6. The molecule has 0 aliphatic rings. The minimum atomic E-state index is -0.734. The van der Waals surface area contributed by atoms with Gasteiger partial charge in [-0.15, -0.1) is 0 Å². The van der Waals surface area contributed by atoms with Crippen LogP contribution >= 0.6 is 0 Å². The van der Waals surface area contributed by atoms with Crippen LogP contribution in [0, 0.1) is 0 Å². The Morgan fingerprint density at radius 2 is 1.03 bits per heavy atom. The van der Waals surface area contributed by atoms with Gasteiger partial charge in [-0.25, -0.2) is 0 Å². The van der Waals surface area contributed by atoms with E-state index in [4.69, 9.17) is 20.3 Å². The molecule has 0 saturated heterocycles. The largest absolute Gasteiger partial charge is 0.459 e. The molecule has 0 spiro atoms. The van der Waals surface area contributed by atoms with Crippen LogP contribution in [0.3, 0.4) is 0 Å². The molecule has 170 valence electrons. The summed E-state index contributed by atoms with van der Waals surface area (Å²) >= 11 is 0. The van der Waals surface area contributed by atoms with Gasteiger partial charge in [0.05, 0.1) is 12.5 Å². The number of carbonyl (C=O) groups is 4. The summed E-state index contributed by atoms with van der Waals surface area (Å²) in [5, 5.41) is 0. The topological polar surface area (TPSA) is 171 Å². The maximum atomic E-state index is 12.6. The molecule has 0 fully saturated rings. The van der Waals surface area contributed by atoms with Crippen molar-refractivity contribution in [2.75, 3.05) is 0 Å². The van der Waals surface area contributed by atoms with Gasteiger partial charge in [0.25, 0.3) is 23.6 Å². The van der Waals surface area contributed by atoms with E-state index in [1.165, 1.54) is 24.7 Å². The van der Waals surface area contributed by atoms with Gasteiger partial charge in [-0.3, -0.25) is 30.0 Å². The Labute approximate surface area is 192 Å². The smallest absolute Gasteiger partial charge is 0.285 e. The van der Waals surface area contributed by atoms with E-state index in [0.717, 1.165) is 0 Å². The highest BCUT2D eigenvalue weighted by Crippen LogP contribution is 2.26. The SMILES string of the molecule is NC(=O)c1occc1-c1cccc(C(=O)NNC(=O)c2cccc(-c3ccoc3C(N)=O)c2)c1. The fourth-order valence-corrected chi connectivity index (χ4v) is 3.37. The Morgan fingerprint density at radius 1 is 0.618 bits per heavy atom. The van der Waals surface area contributed by atoms with E-state index in [9.17, 15) is 19.2 Å². The number of nitrogens with two attached hydrogens (primary N) is 2. The van der Waals surface area contributed by atoms with Gasteiger partial charge < -0.3 is 20.3 Å². The van der Waals surface area contributed by atoms with Crippen molar-refractivity contribution in [2.45, 2.75) is 0 Å². The third kappa shape index (κ3) is 4.41. The van der Waals surface area contributed by atoms with Crippen LogP contribution in [0.4, 0.5) is 0 Å². The zero-order chi connectivity index (χ0) is 24.2. The molecule has 2 aromatic heterocycles. The second kappa shape index (κ2) is 9.17. The van der Waals surface area contributed by atoms with Gasteiger partial charge in [0.15, 0.2) is 11.5 Å². The van der Waals surface area contributed by atoms with Crippen LogP contribution in [0.5, 0.6) is 0 Å². The lowest BCUT2D eigenvalue weighted by Gasteiger charge is -2.09. The van der Waals surface area contributed by atoms with E-state index >= 15 is 0 Å². The standard InChI is InChI=1S/C24H18N4O6/c25-21(29)19-17(7-9-33-19)13-3-1-5-15(11-13)23(31)27-28-24(32)16-6-2-4-14(12-16)18-8-10-34-20(18)22(26)30/h1-12H,(H2,25,29)(H2,26,30)(H,27,31)(H,28,32). The van der Waals surface area contributed by atoms with Crippen molar-refractivity contribution in [3.8, 4) is 22.3 Å². The van der Waals surface area contributed by atoms with Crippen molar-refractivity contribution in [3.63, 3.8) is 0 Å². The first-order valence-corrected chi connectivity index (χ1v) is 9.91. The molecule has 0 saturated carbocycles. The highest BCUT2D eigenvalue weighted by atomic mass is 16.3. The predicted octanol–water partition coefficient (Wildman–Crippen LogP) is 2.48. The maximum Gasteiger partial charge on any atom is 0.285 e. The number of furan rings is 2. The lowest BCUT2D eigenvalue weighted by atomic mass is 10.0. The minimum Gasteiger partial charge on any atom is -0.459 e. The van der Waals surface area contributed by atoms with Crippen molar-refractivity contribution in [1.29, 1.82) is 0 Å². The second-order valence-corrected chi connectivity index (χ2v) is 7.13. The number of primary amides is 2. The zero-order valence-electron chi connectivity index (χ0n) is 17.5. The normalized spacial score (nSPS) is 10.5. The summed E-state index contributed by atoms with van der Waals surface area (Å²) < 4.78 is 10.2. The molecule has 2 heterocycles. The van der Waals surface area contributed by atoms with Gasteiger partial charge in [-0.2, -0.15) is 0 Å². The second-order valence-electron chi connectivity index (χ2n) is 7.13. The predicted molar refractivity (Wildman–Crippen MR) is 120 cm³/mol. The number of amides is 4. The van der Waals surface area contributed by atoms with Crippen molar-refractivity contribution >= 4 is 23.6 Å². The zero-order valence-corrected chi connectivity index (χ0v) is 17.5. The first-order chi connectivity index (χ1) is 16.3. The highest BCUT2D eigenvalue weighted by molar-refractivity contribution is 6.02. The van der Waals surface area contributed by atoms with Crippen molar-refractivity contribution in [3.05, 3.63) is 95.8 Å². The number of hydrogen-bond acceptors (Lipinski definition) is 6. The molecular weight excluding hydrogens is 440 g/mol. The summed E-state index contributed by atoms with van der Waals surface area (Å²) in [5.74, 6) is -2.68. The Morgan fingerprint density at radius 3 is 1.41 bits per heavy atom. The van der Waals surface area contributed by atoms with Gasteiger partial charge in [-0.1, -0.05) is 24.3 Å². The average molecular weight is 458 g/mol. The first kappa shape index (κ1) is 22.1. The number of benzene rings is 2. The van der Waals surface area contributed by atoms with Crippen molar-refractivity contribution in [2.24, 2.45) is 11.5 Å². The van der Waals surface area contributed by atoms with E-state index in [1.807, 2.05) is 0 Å². The highest BCUT2D eigenvalue weighted by Gasteiger charge is 2.17. The minimum absolute atomic E-state index is 0.0251. The number of hydrogen-bond donors (Lipinski definition) is 4. The number of nitrogens with one attached hydrogen (secondary N) is 2. The molecule has 6 N–H and O–H groups in total. The van der Waals surface area contributed by atoms with E-state index < -0.39 is 23.6 Å². The molecule has 10 nitrogen and oxygen atoms in total. The van der Waals surface area contributed by atoms with Gasteiger partial charge in [0.1, 0.15) is 0 Å².